The maximum Gasteiger partial charge on any atom is 0.325 e. The van der Waals surface area contributed by atoms with Gasteiger partial charge in [0.1, 0.15) is 18.9 Å². The first-order valence-electron chi connectivity index (χ1n) is 10.3. The summed E-state index contributed by atoms with van der Waals surface area (Å²) in [7, 11) is -2.37. The van der Waals surface area contributed by atoms with Gasteiger partial charge in [0.2, 0.25) is 5.91 Å². The van der Waals surface area contributed by atoms with Gasteiger partial charge >= 0.3 is 5.97 Å². The Morgan fingerprint density at radius 2 is 1.59 bits per heavy atom. The minimum Gasteiger partial charge on any atom is -0.495 e. The predicted octanol–water partition coefficient (Wildman–Crippen LogP) is 3.37. The van der Waals surface area contributed by atoms with Crippen molar-refractivity contribution in [2.75, 3.05) is 18.4 Å². The van der Waals surface area contributed by atoms with Crippen LogP contribution >= 0.6 is 0 Å². The van der Waals surface area contributed by atoms with Gasteiger partial charge in [0, 0.05) is 6.08 Å². The number of hydrogen-bond donors (Lipinski definition) is 2. The second kappa shape index (κ2) is 11.7. The zero-order chi connectivity index (χ0) is 24.4. The van der Waals surface area contributed by atoms with Crippen molar-refractivity contribution in [3.8, 4) is 5.75 Å². The molecule has 0 saturated carbocycles. The number of benzene rings is 3. The number of carbonyl (C=O) groups is 2. The molecule has 3 aromatic rings. The molecule has 0 spiro atoms. The van der Waals surface area contributed by atoms with Crippen molar-refractivity contribution in [3.05, 3.63) is 96.1 Å². The highest BCUT2D eigenvalue weighted by Gasteiger charge is 2.16. The van der Waals surface area contributed by atoms with Crippen molar-refractivity contribution in [2.24, 2.45) is 0 Å². The van der Waals surface area contributed by atoms with E-state index in [-0.39, 0.29) is 18.0 Å². The van der Waals surface area contributed by atoms with Crippen LogP contribution in [0.15, 0.2) is 89.8 Å². The molecule has 0 aliphatic heterocycles. The van der Waals surface area contributed by atoms with Crippen LogP contribution in [0.1, 0.15) is 11.1 Å². The highest BCUT2D eigenvalue weighted by atomic mass is 32.2. The van der Waals surface area contributed by atoms with Crippen molar-refractivity contribution in [3.63, 3.8) is 0 Å². The summed E-state index contributed by atoms with van der Waals surface area (Å²) in [6.45, 7) is -0.131. The lowest BCUT2D eigenvalue weighted by molar-refractivity contribution is -0.144. The zero-order valence-corrected chi connectivity index (χ0v) is 19.2. The van der Waals surface area contributed by atoms with Crippen LogP contribution < -0.4 is 14.8 Å². The molecule has 0 aliphatic rings. The lowest BCUT2D eigenvalue weighted by Gasteiger charge is -2.11. The topological polar surface area (TPSA) is 111 Å². The van der Waals surface area contributed by atoms with Crippen molar-refractivity contribution in [2.45, 2.75) is 11.5 Å². The number of carbonyl (C=O) groups excluding carboxylic acids is 2. The third kappa shape index (κ3) is 7.21. The quantitative estimate of drug-likeness (QED) is 0.340. The van der Waals surface area contributed by atoms with Crippen LogP contribution in [0.25, 0.3) is 6.08 Å². The van der Waals surface area contributed by atoms with E-state index in [0.29, 0.717) is 17.0 Å². The summed E-state index contributed by atoms with van der Waals surface area (Å²) in [6, 6.07) is 21.9. The fourth-order valence-corrected chi connectivity index (χ4v) is 3.94. The Morgan fingerprint density at radius 1 is 0.912 bits per heavy atom. The maximum atomic E-state index is 12.6. The van der Waals surface area contributed by atoms with Gasteiger partial charge in [-0.15, -0.1) is 0 Å². The smallest absolute Gasteiger partial charge is 0.325 e. The summed E-state index contributed by atoms with van der Waals surface area (Å²) in [5, 5.41) is 2.44. The Balaban J connectivity index is 1.50. The van der Waals surface area contributed by atoms with Crippen LogP contribution in [0.5, 0.6) is 5.75 Å². The van der Waals surface area contributed by atoms with Gasteiger partial charge in [-0.05, 0) is 41.5 Å². The predicted molar refractivity (Wildman–Crippen MR) is 129 cm³/mol. The van der Waals surface area contributed by atoms with Crippen molar-refractivity contribution in [1.82, 2.24) is 5.32 Å². The molecule has 3 aromatic carbocycles. The third-order valence-electron chi connectivity index (χ3n) is 4.62. The monoisotopic (exact) mass is 480 g/mol. The van der Waals surface area contributed by atoms with E-state index in [1.165, 1.54) is 31.4 Å². The first-order valence-corrected chi connectivity index (χ1v) is 11.8. The Bertz CT molecular complexity index is 1260. The molecule has 8 nitrogen and oxygen atoms in total. The number of amides is 1. The molecule has 34 heavy (non-hydrogen) atoms. The summed E-state index contributed by atoms with van der Waals surface area (Å²) >= 11 is 0. The minimum absolute atomic E-state index is 0.0566. The van der Waals surface area contributed by atoms with Crippen LogP contribution in [0.4, 0.5) is 5.69 Å². The molecule has 0 heterocycles. The number of methoxy groups -OCH3 is 1. The molecule has 0 unspecified atom stereocenters. The fraction of sp³-hybridized carbons (Fsp3) is 0.120. The molecule has 0 atom stereocenters. The molecule has 0 bridgehead atoms. The molecule has 176 valence electrons. The van der Waals surface area contributed by atoms with E-state index in [1.807, 2.05) is 30.3 Å². The second-order valence-electron chi connectivity index (χ2n) is 7.07. The number of rotatable bonds is 10. The molecule has 0 aromatic heterocycles. The van der Waals surface area contributed by atoms with E-state index in [0.717, 1.165) is 5.56 Å². The van der Waals surface area contributed by atoms with Crippen LogP contribution in [-0.4, -0.2) is 33.9 Å². The average Bonchev–Trinajstić information content (AvgIpc) is 2.86. The Kier molecular flexibility index (Phi) is 8.42. The van der Waals surface area contributed by atoms with E-state index < -0.39 is 21.9 Å². The van der Waals surface area contributed by atoms with Gasteiger partial charge < -0.3 is 14.8 Å². The summed E-state index contributed by atoms with van der Waals surface area (Å²) in [5.41, 5.74) is 1.79. The van der Waals surface area contributed by atoms with Crippen LogP contribution in [-0.2, 0) is 31.0 Å². The number of esters is 1. The number of nitrogens with one attached hydrogen (secondary N) is 2. The number of sulfonamides is 1. The Morgan fingerprint density at radius 3 is 2.29 bits per heavy atom. The zero-order valence-electron chi connectivity index (χ0n) is 18.4. The van der Waals surface area contributed by atoms with Gasteiger partial charge in [-0.3, -0.25) is 14.3 Å². The lowest BCUT2D eigenvalue weighted by Crippen LogP contribution is -2.29. The third-order valence-corrected chi connectivity index (χ3v) is 6.00. The van der Waals surface area contributed by atoms with E-state index >= 15 is 0 Å². The second-order valence-corrected chi connectivity index (χ2v) is 8.75. The molecule has 2 N–H and O–H groups in total. The van der Waals surface area contributed by atoms with E-state index in [4.69, 9.17) is 9.47 Å². The Labute approximate surface area is 198 Å². The van der Waals surface area contributed by atoms with Gasteiger partial charge in [-0.25, -0.2) is 8.42 Å². The maximum absolute atomic E-state index is 12.6. The summed E-state index contributed by atoms with van der Waals surface area (Å²) < 4.78 is 38.0. The standard InChI is InChI=1S/C25H24N2O6S/c1-32-23-10-6-5-9-22(23)27-34(30,31)21-14-11-19(12-15-21)13-16-24(28)26-17-25(29)33-18-20-7-3-2-4-8-20/h2-16,27H,17-18H2,1H3,(H,26,28)/b16-13+. The first kappa shape index (κ1) is 24.5. The molecule has 9 heteroatoms. The lowest BCUT2D eigenvalue weighted by atomic mass is 10.2. The molecule has 1 amide bonds. The van der Waals surface area contributed by atoms with Gasteiger partial charge in [0.25, 0.3) is 10.0 Å². The number of hydrogen-bond acceptors (Lipinski definition) is 6. The van der Waals surface area contributed by atoms with Gasteiger partial charge in [-0.2, -0.15) is 0 Å². The SMILES string of the molecule is COc1ccccc1NS(=O)(=O)c1ccc(/C=C/C(=O)NCC(=O)OCc2ccccc2)cc1. The molecular weight excluding hydrogens is 456 g/mol. The highest BCUT2D eigenvalue weighted by Crippen LogP contribution is 2.26. The molecule has 0 fully saturated rings. The molecule has 0 saturated heterocycles. The normalized spacial score (nSPS) is 11.1. The number of para-hydroxylation sites is 2. The van der Waals surface area contributed by atoms with Crippen molar-refractivity contribution >= 4 is 33.7 Å². The van der Waals surface area contributed by atoms with E-state index in [1.54, 1.807) is 36.4 Å². The van der Waals surface area contributed by atoms with Gasteiger partial charge in [0.15, 0.2) is 0 Å². The average molecular weight is 481 g/mol. The Hall–Kier alpha value is -4.11. The van der Waals surface area contributed by atoms with Crippen LogP contribution in [0.2, 0.25) is 0 Å². The number of anilines is 1. The van der Waals surface area contributed by atoms with E-state index in [9.17, 15) is 18.0 Å². The van der Waals surface area contributed by atoms with Crippen molar-refractivity contribution < 1.29 is 27.5 Å². The van der Waals surface area contributed by atoms with Crippen LogP contribution in [0, 0.1) is 0 Å². The minimum atomic E-state index is -3.82. The number of ether oxygens (including phenoxy) is 2. The van der Waals surface area contributed by atoms with E-state index in [2.05, 4.69) is 10.0 Å². The first-order chi connectivity index (χ1) is 16.4. The van der Waals surface area contributed by atoms with Gasteiger partial charge in [0.05, 0.1) is 17.7 Å². The molecule has 0 aliphatic carbocycles. The molecular formula is C25H24N2O6S. The van der Waals surface area contributed by atoms with Gasteiger partial charge in [-0.1, -0.05) is 54.6 Å². The summed E-state index contributed by atoms with van der Waals surface area (Å²) in [6.07, 6.45) is 2.76. The largest absolute Gasteiger partial charge is 0.495 e. The molecule has 3 rings (SSSR count). The van der Waals surface area contributed by atoms with Crippen molar-refractivity contribution in [1.29, 1.82) is 0 Å². The summed E-state index contributed by atoms with van der Waals surface area (Å²) in [5.74, 6) is -0.630. The molecule has 0 radical (unpaired) electrons. The summed E-state index contributed by atoms with van der Waals surface area (Å²) in [4.78, 5) is 23.8. The van der Waals surface area contributed by atoms with Crippen LogP contribution in [0.3, 0.4) is 0 Å². The highest BCUT2D eigenvalue weighted by molar-refractivity contribution is 7.92. The fourth-order valence-electron chi connectivity index (χ4n) is 2.87.